The number of esters is 1. The molecule has 0 atom stereocenters. The lowest BCUT2D eigenvalue weighted by atomic mass is 9.81. The minimum atomic E-state index is -0.366. The van der Waals surface area contributed by atoms with Gasteiger partial charge in [-0.2, -0.15) is 5.10 Å². The maximum atomic E-state index is 11.4. The second-order valence-electron chi connectivity index (χ2n) is 8.30. The second kappa shape index (κ2) is 6.76. The summed E-state index contributed by atoms with van der Waals surface area (Å²) in [6, 6.07) is 0.380. The molecule has 2 heterocycles. The monoisotopic (exact) mass is 348 g/mol. The maximum Gasteiger partial charge on any atom is 0.498 e. The van der Waals surface area contributed by atoms with Gasteiger partial charge in [0.1, 0.15) is 0 Å². The number of rotatable bonds is 4. The van der Waals surface area contributed by atoms with Gasteiger partial charge in [0.25, 0.3) is 0 Å². The van der Waals surface area contributed by atoms with Crippen molar-refractivity contribution in [2.75, 3.05) is 7.11 Å². The average Bonchev–Trinajstić information content (AvgIpc) is 3.11. The summed E-state index contributed by atoms with van der Waals surface area (Å²) in [5.74, 6) is 0.326. The minimum Gasteiger partial charge on any atom is -0.469 e. The van der Waals surface area contributed by atoms with Crippen LogP contribution in [-0.2, 0) is 18.8 Å². The summed E-state index contributed by atoms with van der Waals surface area (Å²) < 4.78 is 19.0. The van der Waals surface area contributed by atoms with E-state index < -0.39 is 0 Å². The van der Waals surface area contributed by atoms with E-state index in [1.54, 1.807) is 0 Å². The predicted molar refractivity (Wildman–Crippen MR) is 95.6 cm³/mol. The molecule has 0 aromatic carbocycles. The normalized spacial score (nSPS) is 28.1. The molecule has 25 heavy (non-hydrogen) atoms. The van der Waals surface area contributed by atoms with Crippen LogP contribution in [0.3, 0.4) is 0 Å². The van der Waals surface area contributed by atoms with Crippen LogP contribution < -0.4 is 5.46 Å². The van der Waals surface area contributed by atoms with Crippen molar-refractivity contribution in [3.05, 3.63) is 12.4 Å². The van der Waals surface area contributed by atoms with Gasteiger partial charge in [0.15, 0.2) is 0 Å². The Bertz CT molecular complexity index is 604. The largest absolute Gasteiger partial charge is 0.498 e. The molecule has 6 nitrogen and oxygen atoms in total. The molecule has 2 fully saturated rings. The Labute approximate surface area is 150 Å². The fourth-order valence-electron chi connectivity index (χ4n) is 3.59. The zero-order chi connectivity index (χ0) is 18.2. The molecule has 138 valence electrons. The molecule has 3 rings (SSSR count). The van der Waals surface area contributed by atoms with Gasteiger partial charge in [-0.05, 0) is 59.3 Å². The number of carbonyl (C=O) groups is 1. The highest BCUT2D eigenvalue weighted by Gasteiger charge is 2.52. The fraction of sp³-hybridized carbons (Fsp3) is 0.778. The molecule has 0 unspecified atom stereocenters. The van der Waals surface area contributed by atoms with Crippen LogP contribution in [0.5, 0.6) is 0 Å². The zero-order valence-electron chi connectivity index (χ0n) is 15.9. The van der Waals surface area contributed by atoms with Gasteiger partial charge >= 0.3 is 13.1 Å². The maximum absolute atomic E-state index is 11.4. The molecule has 2 aliphatic rings. The lowest BCUT2D eigenvalue weighted by Crippen LogP contribution is -2.41. The van der Waals surface area contributed by atoms with Gasteiger partial charge in [0.2, 0.25) is 0 Å². The lowest BCUT2D eigenvalue weighted by molar-refractivity contribution is -0.142. The molecule has 1 saturated carbocycles. The third-order valence-electron chi connectivity index (χ3n) is 6.02. The van der Waals surface area contributed by atoms with E-state index in [0.717, 1.165) is 31.1 Å². The SMILES string of the molecule is COC(=O)C[C@H]1CC[C@H](n2cc(B3OC(C)(C)C(C)(C)O3)cn2)CC1. The van der Waals surface area contributed by atoms with Crippen molar-refractivity contribution in [1.82, 2.24) is 9.78 Å². The molecule has 1 aliphatic heterocycles. The first-order chi connectivity index (χ1) is 11.7. The van der Waals surface area contributed by atoms with Gasteiger partial charge in [-0.25, -0.2) is 0 Å². The van der Waals surface area contributed by atoms with E-state index >= 15 is 0 Å². The van der Waals surface area contributed by atoms with E-state index in [1.165, 1.54) is 7.11 Å². The smallest absolute Gasteiger partial charge is 0.469 e. The van der Waals surface area contributed by atoms with Crippen LogP contribution in [0.15, 0.2) is 12.4 Å². The number of ether oxygens (including phenoxy) is 1. The van der Waals surface area contributed by atoms with Crippen LogP contribution in [0, 0.1) is 5.92 Å². The fourth-order valence-corrected chi connectivity index (χ4v) is 3.59. The van der Waals surface area contributed by atoms with Crippen LogP contribution >= 0.6 is 0 Å². The highest BCUT2D eigenvalue weighted by atomic mass is 16.7. The zero-order valence-corrected chi connectivity index (χ0v) is 15.9. The van der Waals surface area contributed by atoms with Crippen molar-refractivity contribution in [3.8, 4) is 0 Å². The Kier molecular flexibility index (Phi) is 4.99. The Morgan fingerprint density at radius 1 is 1.24 bits per heavy atom. The quantitative estimate of drug-likeness (QED) is 0.618. The van der Waals surface area contributed by atoms with Crippen LogP contribution in [0.4, 0.5) is 0 Å². The molecule has 1 aromatic rings. The minimum absolute atomic E-state index is 0.106. The molecular formula is C18H29BN2O4. The van der Waals surface area contributed by atoms with Crippen LogP contribution in [0.1, 0.15) is 65.8 Å². The van der Waals surface area contributed by atoms with Crippen molar-refractivity contribution in [2.24, 2.45) is 5.92 Å². The molecule has 7 heteroatoms. The summed E-state index contributed by atoms with van der Waals surface area (Å²) in [5, 5.41) is 4.55. The molecule has 0 N–H and O–H groups in total. The van der Waals surface area contributed by atoms with Crippen molar-refractivity contribution >= 4 is 18.6 Å². The van der Waals surface area contributed by atoms with E-state index in [-0.39, 0.29) is 24.3 Å². The number of nitrogens with zero attached hydrogens (tertiary/aromatic N) is 2. The molecule has 0 amide bonds. The van der Waals surface area contributed by atoms with Crippen LogP contribution in [0.2, 0.25) is 0 Å². The average molecular weight is 348 g/mol. The number of aromatic nitrogens is 2. The summed E-state index contributed by atoms with van der Waals surface area (Å²) in [4.78, 5) is 11.4. The summed E-state index contributed by atoms with van der Waals surface area (Å²) in [7, 11) is 1.09. The van der Waals surface area contributed by atoms with E-state index in [9.17, 15) is 4.79 Å². The molecule has 0 bridgehead atoms. The first-order valence-corrected chi connectivity index (χ1v) is 9.18. The Hall–Kier alpha value is -1.34. The first kappa shape index (κ1) is 18.5. The van der Waals surface area contributed by atoms with E-state index in [0.29, 0.717) is 18.4 Å². The Balaban J connectivity index is 1.59. The summed E-state index contributed by atoms with van der Waals surface area (Å²) >= 11 is 0. The Morgan fingerprint density at radius 3 is 2.40 bits per heavy atom. The van der Waals surface area contributed by atoms with E-state index in [2.05, 4.69) is 32.8 Å². The summed E-state index contributed by atoms with van der Waals surface area (Å²) in [6.45, 7) is 8.22. The van der Waals surface area contributed by atoms with Gasteiger partial charge in [0, 0.05) is 24.3 Å². The van der Waals surface area contributed by atoms with Gasteiger partial charge in [-0.1, -0.05) is 0 Å². The molecule has 0 radical (unpaired) electrons. The molecule has 1 saturated heterocycles. The van der Waals surface area contributed by atoms with Crippen LogP contribution in [0.25, 0.3) is 0 Å². The van der Waals surface area contributed by atoms with Crippen molar-refractivity contribution in [2.45, 2.75) is 77.0 Å². The van der Waals surface area contributed by atoms with E-state index in [1.807, 2.05) is 17.1 Å². The topological polar surface area (TPSA) is 62.6 Å². The van der Waals surface area contributed by atoms with E-state index in [4.69, 9.17) is 14.0 Å². The summed E-state index contributed by atoms with van der Waals surface area (Å²) in [6.07, 6.45) is 8.56. The highest BCUT2D eigenvalue weighted by molar-refractivity contribution is 6.62. The van der Waals surface area contributed by atoms with Gasteiger partial charge in [-0.15, -0.1) is 0 Å². The van der Waals surface area contributed by atoms with Crippen molar-refractivity contribution in [1.29, 1.82) is 0 Å². The first-order valence-electron chi connectivity index (χ1n) is 9.18. The van der Waals surface area contributed by atoms with Gasteiger partial charge in [-0.3, -0.25) is 9.48 Å². The highest BCUT2D eigenvalue weighted by Crippen LogP contribution is 2.37. The third kappa shape index (κ3) is 3.77. The van der Waals surface area contributed by atoms with Gasteiger partial charge < -0.3 is 14.0 Å². The molecule has 1 aliphatic carbocycles. The number of hydrogen-bond acceptors (Lipinski definition) is 5. The number of methoxy groups -OCH3 is 1. The number of hydrogen-bond donors (Lipinski definition) is 0. The van der Waals surface area contributed by atoms with Crippen molar-refractivity contribution in [3.63, 3.8) is 0 Å². The van der Waals surface area contributed by atoms with Gasteiger partial charge in [0.05, 0.1) is 24.4 Å². The third-order valence-corrected chi connectivity index (χ3v) is 6.02. The molecule has 1 aromatic heterocycles. The Morgan fingerprint density at radius 2 is 1.84 bits per heavy atom. The number of carbonyl (C=O) groups excluding carboxylic acids is 1. The molecule has 0 spiro atoms. The second-order valence-corrected chi connectivity index (χ2v) is 8.30. The van der Waals surface area contributed by atoms with Crippen LogP contribution in [-0.4, -0.2) is 41.2 Å². The lowest BCUT2D eigenvalue weighted by Gasteiger charge is -2.32. The standard InChI is InChI=1S/C18H29BN2O4/c1-17(2)18(3,4)25-19(24-17)14-11-20-21(12-14)15-8-6-13(7-9-15)10-16(22)23-5/h11-13,15H,6-10H2,1-5H3/t13-,15-. The summed E-state index contributed by atoms with van der Waals surface area (Å²) in [5.41, 5.74) is 0.285. The van der Waals surface area contributed by atoms with Crippen molar-refractivity contribution < 1.29 is 18.8 Å². The predicted octanol–water partition coefficient (Wildman–Crippen LogP) is 2.48. The molecular weight excluding hydrogens is 319 g/mol.